The molecule has 33 heavy (non-hydrogen) atoms. The first-order valence-corrected chi connectivity index (χ1v) is 10.2. The van der Waals surface area contributed by atoms with Gasteiger partial charge in [0.25, 0.3) is 11.7 Å². The van der Waals surface area contributed by atoms with Gasteiger partial charge in [0.1, 0.15) is 23.1 Å². The summed E-state index contributed by atoms with van der Waals surface area (Å²) < 4.78 is 34.6. The number of imidazole rings is 1. The highest BCUT2D eigenvalue weighted by molar-refractivity contribution is 6.46. The summed E-state index contributed by atoms with van der Waals surface area (Å²) in [5, 5.41) is 11.1. The van der Waals surface area contributed by atoms with Gasteiger partial charge in [-0.2, -0.15) is 0 Å². The molecule has 3 aromatic rings. The van der Waals surface area contributed by atoms with E-state index in [1.165, 1.54) is 42.3 Å². The Morgan fingerprint density at radius 2 is 1.82 bits per heavy atom. The van der Waals surface area contributed by atoms with E-state index < -0.39 is 35.1 Å². The van der Waals surface area contributed by atoms with Crippen molar-refractivity contribution in [3.8, 4) is 5.75 Å². The van der Waals surface area contributed by atoms with Crippen LogP contribution in [0, 0.1) is 11.6 Å². The lowest BCUT2D eigenvalue weighted by Crippen LogP contribution is -2.31. The summed E-state index contributed by atoms with van der Waals surface area (Å²) >= 11 is 0. The molecule has 1 saturated heterocycles. The molecule has 0 saturated carbocycles. The zero-order valence-corrected chi connectivity index (χ0v) is 17.7. The minimum atomic E-state index is -0.971. The molecule has 1 amide bonds. The summed E-state index contributed by atoms with van der Waals surface area (Å²) in [6.45, 7) is 0.749. The van der Waals surface area contributed by atoms with E-state index in [-0.39, 0.29) is 23.4 Å². The molecule has 0 unspecified atom stereocenters. The number of aliphatic hydroxyl groups excluding tert-OH is 1. The van der Waals surface area contributed by atoms with Gasteiger partial charge in [0.2, 0.25) is 0 Å². The van der Waals surface area contributed by atoms with Gasteiger partial charge in [-0.1, -0.05) is 12.1 Å². The zero-order chi connectivity index (χ0) is 23.5. The van der Waals surface area contributed by atoms with E-state index in [1.54, 1.807) is 18.7 Å². The van der Waals surface area contributed by atoms with Crippen molar-refractivity contribution in [3.63, 3.8) is 0 Å². The fraction of sp³-hybridized carbons (Fsp3) is 0.208. The number of aromatic nitrogens is 2. The highest BCUT2D eigenvalue weighted by Crippen LogP contribution is 2.41. The molecule has 0 bridgehead atoms. The molecule has 1 aliphatic heterocycles. The maximum Gasteiger partial charge on any atom is 0.295 e. The number of amides is 1. The van der Waals surface area contributed by atoms with Gasteiger partial charge >= 0.3 is 0 Å². The van der Waals surface area contributed by atoms with Crippen LogP contribution in [0.25, 0.3) is 5.76 Å². The number of aliphatic hydroxyl groups is 1. The quantitative estimate of drug-likeness (QED) is 0.335. The number of hydrogen-bond acceptors (Lipinski definition) is 5. The van der Waals surface area contributed by atoms with Crippen LogP contribution < -0.4 is 4.74 Å². The Morgan fingerprint density at radius 1 is 1.09 bits per heavy atom. The van der Waals surface area contributed by atoms with Crippen LogP contribution in [0.5, 0.6) is 5.75 Å². The summed E-state index contributed by atoms with van der Waals surface area (Å²) in [5.74, 6) is -3.26. The number of carbonyl (C=O) groups is 2. The molecule has 2 aromatic carbocycles. The first-order chi connectivity index (χ1) is 15.9. The number of halogens is 2. The second kappa shape index (κ2) is 9.23. The number of likely N-dealkylation sites (tertiary alicyclic amines) is 1. The Labute approximate surface area is 188 Å². The van der Waals surface area contributed by atoms with Crippen molar-refractivity contribution in [2.24, 2.45) is 0 Å². The van der Waals surface area contributed by atoms with E-state index in [4.69, 9.17) is 4.74 Å². The van der Waals surface area contributed by atoms with Crippen LogP contribution in [-0.4, -0.2) is 44.9 Å². The number of benzene rings is 2. The van der Waals surface area contributed by atoms with Crippen molar-refractivity contribution in [2.75, 3.05) is 13.7 Å². The SMILES string of the molecule is COc1ccc(F)cc1/C(O)=C1\C(=O)C(=O)N(CCCn2ccnc2)[C@@H]1c1ccc(F)cc1. The Morgan fingerprint density at radius 3 is 2.48 bits per heavy atom. The van der Waals surface area contributed by atoms with E-state index in [1.807, 2.05) is 4.57 Å². The van der Waals surface area contributed by atoms with Crippen LogP contribution in [0.2, 0.25) is 0 Å². The Kier molecular flexibility index (Phi) is 6.21. The number of hydrogen-bond donors (Lipinski definition) is 1. The molecule has 1 atom stereocenters. The zero-order valence-electron chi connectivity index (χ0n) is 17.7. The van der Waals surface area contributed by atoms with Crippen LogP contribution in [0.4, 0.5) is 8.78 Å². The van der Waals surface area contributed by atoms with Crippen LogP contribution in [0.1, 0.15) is 23.6 Å². The molecule has 1 fully saturated rings. The minimum Gasteiger partial charge on any atom is -0.507 e. The van der Waals surface area contributed by atoms with E-state index in [9.17, 15) is 23.5 Å². The van der Waals surface area contributed by atoms with Crippen molar-refractivity contribution in [3.05, 3.63) is 89.5 Å². The number of ether oxygens (including phenoxy) is 1. The van der Waals surface area contributed by atoms with Crippen molar-refractivity contribution in [1.29, 1.82) is 0 Å². The van der Waals surface area contributed by atoms with Crippen molar-refractivity contribution in [2.45, 2.75) is 19.0 Å². The third-order valence-corrected chi connectivity index (χ3v) is 5.52. The molecule has 2 heterocycles. The molecule has 7 nitrogen and oxygen atoms in total. The molecule has 1 aliphatic rings. The van der Waals surface area contributed by atoms with Crippen molar-refractivity contribution >= 4 is 17.4 Å². The molecule has 0 radical (unpaired) electrons. The van der Waals surface area contributed by atoms with E-state index in [2.05, 4.69) is 4.98 Å². The standard InChI is InChI=1S/C24H21F2N3O4/c1-33-19-8-7-17(26)13-18(19)22(30)20-21(15-3-5-16(25)6-4-15)29(24(32)23(20)31)11-2-10-28-12-9-27-14-28/h3-9,12-14,21,30H,2,10-11H2,1H3/b22-20+/t21-/m1/s1. The molecule has 1 aromatic heterocycles. The average molecular weight is 453 g/mol. The maximum atomic E-state index is 13.9. The van der Waals surface area contributed by atoms with E-state index in [0.29, 0.717) is 18.5 Å². The fourth-order valence-electron chi connectivity index (χ4n) is 3.96. The number of Topliss-reactive ketones (excluding diaryl/α,β-unsaturated/α-hetero) is 1. The van der Waals surface area contributed by atoms with Gasteiger partial charge in [0.15, 0.2) is 0 Å². The number of aryl methyl sites for hydroxylation is 1. The van der Waals surface area contributed by atoms with Gasteiger partial charge in [-0.05, 0) is 42.3 Å². The second-order valence-electron chi connectivity index (χ2n) is 7.54. The van der Waals surface area contributed by atoms with Crippen LogP contribution in [-0.2, 0) is 16.1 Å². The van der Waals surface area contributed by atoms with Gasteiger partial charge < -0.3 is 19.3 Å². The maximum absolute atomic E-state index is 13.9. The monoisotopic (exact) mass is 453 g/mol. The Hall–Kier alpha value is -4.01. The lowest BCUT2D eigenvalue weighted by molar-refractivity contribution is -0.139. The normalized spacial score (nSPS) is 17.5. The minimum absolute atomic E-state index is 0.0546. The van der Waals surface area contributed by atoms with Crippen molar-refractivity contribution in [1.82, 2.24) is 14.5 Å². The average Bonchev–Trinajstić information content (AvgIpc) is 3.41. The molecular formula is C24H21F2N3O4. The summed E-state index contributed by atoms with van der Waals surface area (Å²) in [4.78, 5) is 31.3. The number of rotatable bonds is 7. The summed E-state index contributed by atoms with van der Waals surface area (Å²) in [6, 6.07) is 7.85. The molecule has 170 valence electrons. The summed E-state index contributed by atoms with van der Waals surface area (Å²) in [7, 11) is 1.34. The van der Waals surface area contributed by atoms with Crippen LogP contribution in [0.3, 0.4) is 0 Å². The smallest absolute Gasteiger partial charge is 0.295 e. The summed E-state index contributed by atoms with van der Waals surface area (Å²) in [6.07, 6.45) is 5.56. The molecule has 0 spiro atoms. The van der Waals surface area contributed by atoms with Gasteiger partial charge in [0, 0.05) is 25.5 Å². The first kappa shape index (κ1) is 22.2. The fourth-order valence-corrected chi connectivity index (χ4v) is 3.96. The largest absolute Gasteiger partial charge is 0.507 e. The predicted octanol–water partition coefficient (Wildman–Crippen LogP) is 3.68. The molecule has 0 aliphatic carbocycles. The highest BCUT2D eigenvalue weighted by atomic mass is 19.1. The van der Waals surface area contributed by atoms with Gasteiger partial charge in [-0.15, -0.1) is 0 Å². The lowest BCUT2D eigenvalue weighted by Gasteiger charge is -2.25. The van der Waals surface area contributed by atoms with E-state index >= 15 is 0 Å². The molecular weight excluding hydrogens is 432 g/mol. The number of methoxy groups -OCH3 is 1. The first-order valence-electron chi connectivity index (χ1n) is 10.2. The third kappa shape index (κ3) is 4.34. The van der Waals surface area contributed by atoms with E-state index in [0.717, 1.165) is 12.1 Å². The topological polar surface area (TPSA) is 84.7 Å². The third-order valence-electron chi connectivity index (χ3n) is 5.52. The van der Waals surface area contributed by atoms with Gasteiger partial charge in [0.05, 0.1) is 30.6 Å². The predicted molar refractivity (Wildman–Crippen MR) is 115 cm³/mol. The molecule has 1 N–H and O–H groups in total. The van der Waals surface area contributed by atoms with Gasteiger partial charge in [-0.3, -0.25) is 9.59 Å². The van der Waals surface area contributed by atoms with Crippen molar-refractivity contribution < 1.29 is 28.2 Å². The second-order valence-corrected chi connectivity index (χ2v) is 7.54. The Balaban J connectivity index is 1.78. The number of carbonyl (C=O) groups excluding carboxylic acids is 2. The van der Waals surface area contributed by atoms with Gasteiger partial charge in [-0.25, -0.2) is 13.8 Å². The lowest BCUT2D eigenvalue weighted by atomic mass is 9.95. The number of ketones is 1. The number of nitrogens with zero attached hydrogens (tertiary/aromatic N) is 3. The highest BCUT2D eigenvalue weighted by Gasteiger charge is 2.46. The summed E-state index contributed by atoms with van der Waals surface area (Å²) in [5.41, 5.74) is 0.175. The molecule has 4 rings (SSSR count). The molecule has 9 heteroatoms. The Bertz CT molecular complexity index is 1210. The van der Waals surface area contributed by atoms with Crippen LogP contribution in [0.15, 0.2) is 66.8 Å². The van der Waals surface area contributed by atoms with Crippen LogP contribution >= 0.6 is 0 Å².